The summed E-state index contributed by atoms with van der Waals surface area (Å²) in [5, 5.41) is 0. The van der Waals surface area contributed by atoms with Gasteiger partial charge in [-0.05, 0) is 52.3 Å². The molecular weight excluding hydrogens is 374 g/mol. The second-order valence-corrected chi connectivity index (χ2v) is 5.69. The second-order valence-electron chi connectivity index (χ2n) is 4.83. The van der Waals surface area contributed by atoms with Gasteiger partial charge in [-0.2, -0.15) is 0 Å². The van der Waals surface area contributed by atoms with Gasteiger partial charge < -0.3 is 13.9 Å². The van der Waals surface area contributed by atoms with Crippen LogP contribution in [0.4, 0.5) is 0 Å². The van der Waals surface area contributed by atoms with Crippen LogP contribution in [0.2, 0.25) is 0 Å². The fourth-order valence-corrected chi connectivity index (χ4v) is 2.71. The molecule has 3 rings (SSSR count). The Morgan fingerprint density at radius 3 is 2.88 bits per heavy atom. The molecule has 5 nitrogen and oxygen atoms in total. The lowest BCUT2D eigenvalue weighted by Gasteiger charge is -2.03. The van der Waals surface area contributed by atoms with E-state index in [1.165, 1.54) is 0 Å². The molecule has 0 amide bonds. The van der Waals surface area contributed by atoms with Gasteiger partial charge in [-0.25, -0.2) is 9.78 Å². The Morgan fingerprint density at radius 1 is 1.33 bits per heavy atom. The van der Waals surface area contributed by atoms with Gasteiger partial charge in [0.1, 0.15) is 11.3 Å². The average molecular weight is 386 g/mol. The summed E-state index contributed by atoms with van der Waals surface area (Å²) in [5.74, 6) is 2.92. The summed E-state index contributed by atoms with van der Waals surface area (Å²) < 4.78 is 16.6. The molecular formula is C18H12BrNO4. The maximum absolute atomic E-state index is 11.8. The maximum atomic E-state index is 11.8. The molecule has 24 heavy (non-hydrogen) atoms. The fraction of sp³-hybridized carbons (Fsp3) is 0.111. The third-order valence-electron chi connectivity index (χ3n) is 3.31. The van der Waals surface area contributed by atoms with Crippen LogP contribution in [0.5, 0.6) is 5.75 Å². The first-order valence-electron chi connectivity index (χ1n) is 6.97. The Balaban J connectivity index is 1.95. The van der Waals surface area contributed by atoms with E-state index < -0.39 is 5.97 Å². The summed E-state index contributed by atoms with van der Waals surface area (Å²) >= 11 is 3.43. The quantitative estimate of drug-likeness (QED) is 0.500. The average Bonchev–Trinajstić information content (AvgIpc) is 3.02. The highest BCUT2D eigenvalue weighted by atomic mass is 79.9. The van der Waals surface area contributed by atoms with Gasteiger partial charge in [-0.15, -0.1) is 6.42 Å². The minimum Gasteiger partial charge on any atom is -0.496 e. The number of halogens is 1. The van der Waals surface area contributed by atoms with Crippen molar-refractivity contribution in [1.82, 2.24) is 4.98 Å². The lowest BCUT2D eigenvalue weighted by atomic mass is 10.2. The van der Waals surface area contributed by atoms with E-state index in [0.29, 0.717) is 28.3 Å². The molecule has 0 aliphatic rings. The molecule has 2 aromatic carbocycles. The Labute approximate surface area is 146 Å². The van der Waals surface area contributed by atoms with Crippen LogP contribution in [0, 0.1) is 12.3 Å². The van der Waals surface area contributed by atoms with Gasteiger partial charge >= 0.3 is 5.97 Å². The molecule has 0 unspecified atom stereocenters. The number of methoxy groups -OCH3 is 1. The normalized spacial score (nSPS) is 10.4. The maximum Gasteiger partial charge on any atom is 0.339 e. The Bertz CT molecular complexity index is 955. The third kappa shape index (κ3) is 3.12. The van der Waals surface area contributed by atoms with Crippen LogP contribution in [0.3, 0.4) is 0 Å². The van der Waals surface area contributed by atoms with E-state index in [1.54, 1.807) is 25.3 Å². The number of benzene rings is 2. The zero-order valence-electron chi connectivity index (χ0n) is 12.7. The molecule has 0 atom stereocenters. The van der Waals surface area contributed by atoms with Gasteiger partial charge in [0.25, 0.3) is 0 Å². The number of esters is 1. The van der Waals surface area contributed by atoms with Crippen molar-refractivity contribution < 1.29 is 18.7 Å². The number of terminal acetylenes is 1. The zero-order chi connectivity index (χ0) is 17.1. The molecule has 1 heterocycles. The molecule has 0 spiro atoms. The van der Waals surface area contributed by atoms with Crippen molar-refractivity contribution in [3.63, 3.8) is 0 Å². The first-order chi connectivity index (χ1) is 11.6. The standard InChI is InChI=1S/C18H12BrNO4/c1-3-8-23-18(21)12-5-7-16-14(10-12)20-17(24-16)11-4-6-15(22-2)13(19)9-11/h1,4-7,9-10H,8H2,2H3. The summed E-state index contributed by atoms with van der Waals surface area (Å²) in [6.45, 7) is -0.0686. The summed E-state index contributed by atoms with van der Waals surface area (Å²) in [4.78, 5) is 16.3. The van der Waals surface area contributed by atoms with Crippen molar-refractivity contribution in [3.8, 4) is 29.5 Å². The Morgan fingerprint density at radius 2 is 2.17 bits per heavy atom. The van der Waals surface area contributed by atoms with Crippen LogP contribution < -0.4 is 4.74 Å². The highest BCUT2D eigenvalue weighted by Crippen LogP contribution is 2.31. The molecule has 0 saturated carbocycles. The van der Waals surface area contributed by atoms with Gasteiger partial charge in [-0.1, -0.05) is 5.92 Å². The van der Waals surface area contributed by atoms with E-state index in [1.807, 2.05) is 18.2 Å². The van der Waals surface area contributed by atoms with Gasteiger partial charge in [0.2, 0.25) is 5.89 Å². The largest absolute Gasteiger partial charge is 0.496 e. The molecule has 0 bridgehead atoms. The van der Waals surface area contributed by atoms with Crippen molar-refractivity contribution in [2.75, 3.05) is 13.7 Å². The van der Waals surface area contributed by atoms with Crippen molar-refractivity contribution in [1.29, 1.82) is 0 Å². The third-order valence-corrected chi connectivity index (χ3v) is 3.93. The number of nitrogens with zero attached hydrogens (tertiary/aromatic N) is 1. The first kappa shape index (κ1) is 16.1. The van der Waals surface area contributed by atoms with E-state index in [9.17, 15) is 4.79 Å². The van der Waals surface area contributed by atoms with Crippen LogP contribution in [0.25, 0.3) is 22.6 Å². The van der Waals surface area contributed by atoms with Crippen LogP contribution in [-0.4, -0.2) is 24.7 Å². The second kappa shape index (κ2) is 6.77. The summed E-state index contributed by atoms with van der Waals surface area (Å²) in [5.41, 5.74) is 2.29. The number of carbonyl (C=O) groups is 1. The van der Waals surface area contributed by atoms with Crippen molar-refractivity contribution in [2.45, 2.75) is 0 Å². The molecule has 0 aliphatic heterocycles. The molecule has 6 heteroatoms. The minimum absolute atomic E-state index is 0.0686. The lowest BCUT2D eigenvalue weighted by molar-refractivity contribution is 0.0557. The van der Waals surface area contributed by atoms with Crippen LogP contribution in [-0.2, 0) is 4.74 Å². The topological polar surface area (TPSA) is 61.6 Å². The van der Waals surface area contributed by atoms with E-state index in [2.05, 4.69) is 26.8 Å². The molecule has 120 valence electrons. The van der Waals surface area contributed by atoms with E-state index >= 15 is 0 Å². The molecule has 0 N–H and O–H groups in total. The number of aromatic nitrogens is 1. The van der Waals surface area contributed by atoms with Crippen molar-refractivity contribution >= 4 is 33.0 Å². The van der Waals surface area contributed by atoms with Gasteiger partial charge in [0.15, 0.2) is 12.2 Å². The monoisotopic (exact) mass is 385 g/mol. The van der Waals surface area contributed by atoms with Crippen molar-refractivity contribution in [2.24, 2.45) is 0 Å². The summed E-state index contributed by atoms with van der Waals surface area (Å²) in [7, 11) is 1.60. The van der Waals surface area contributed by atoms with E-state index in [-0.39, 0.29) is 6.61 Å². The lowest BCUT2D eigenvalue weighted by Crippen LogP contribution is -2.04. The zero-order valence-corrected chi connectivity index (χ0v) is 14.3. The van der Waals surface area contributed by atoms with Gasteiger partial charge in [-0.3, -0.25) is 0 Å². The number of hydrogen-bond donors (Lipinski definition) is 0. The fourth-order valence-electron chi connectivity index (χ4n) is 2.17. The number of hydrogen-bond acceptors (Lipinski definition) is 5. The molecule has 1 aromatic heterocycles. The number of fused-ring (bicyclic) bond motifs is 1. The van der Waals surface area contributed by atoms with Crippen LogP contribution >= 0.6 is 15.9 Å². The predicted molar refractivity (Wildman–Crippen MR) is 92.8 cm³/mol. The predicted octanol–water partition coefficient (Wildman–Crippen LogP) is 4.06. The van der Waals surface area contributed by atoms with Gasteiger partial charge in [0, 0.05) is 5.56 Å². The van der Waals surface area contributed by atoms with Gasteiger partial charge in [0.05, 0.1) is 17.1 Å². The highest BCUT2D eigenvalue weighted by Gasteiger charge is 2.13. The van der Waals surface area contributed by atoms with E-state index in [0.717, 1.165) is 10.0 Å². The Kier molecular flexibility index (Phi) is 4.54. The van der Waals surface area contributed by atoms with Crippen LogP contribution in [0.15, 0.2) is 45.3 Å². The summed E-state index contributed by atoms with van der Waals surface area (Å²) in [6, 6.07) is 10.4. The summed E-state index contributed by atoms with van der Waals surface area (Å²) in [6.07, 6.45) is 5.08. The smallest absolute Gasteiger partial charge is 0.339 e. The van der Waals surface area contributed by atoms with Crippen molar-refractivity contribution in [3.05, 3.63) is 46.4 Å². The SMILES string of the molecule is C#CCOC(=O)c1ccc2oc(-c3ccc(OC)c(Br)c3)nc2c1. The molecule has 0 saturated heterocycles. The minimum atomic E-state index is -0.494. The number of rotatable bonds is 4. The Hall–Kier alpha value is -2.78. The van der Waals surface area contributed by atoms with Crippen LogP contribution in [0.1, 0.15) is 10.4 Å². The number of ether oxygens (including phenoxy) is 2. The number of carbonyl (C=O) groups excluding carboxylic acids is 1. The highest BCUT2D eigenvalue weighted by molar-refractivity contribution is 9.10. The molecule has 0 radical (unpaired) electrons. The molecule has 0 fully saturated rings. The van der Waals surface area contributed by atoms with E-state index in [4.69, 9.17) is 20.3 Å². The first-order valence-corrected chi connectivity index (χ1v) is 7.77. The molecule has 3 aromatic rings. The molecule has 0 aliphatic carbocycles. The number of oxazole rings is 1.